The number of benzene rings is 2. The summed E-state index contributed by atoms with van der Waals surface area (Å²) in [5, 5.41) is 26.9. The third-order valence-electron chi connectivity index (χ3n) is 7.21. The monoisotopic (exact) mass is 842 g/mol. The predicted octanol–water partition coefficient (Wildman–Crippen LogP) is 6.62. The minimum Gasteiger partial charge on any atom is -0.478 e. The van der Waals surface area contributed by atoms with Crippen molar-refractivity contribution in [1.82, 2.24) is 39.3 Å². The number of hydrogen-bond acceptors (Lipinski definition) is 12. The highest BCUT2D eigenvalue weighted by Crippen LogP contribution is 2.21. The molecule has 0 spiro atoms. The first kappa shape index (κ1) is 46.6. The van der Waals surface area contributed by atoms with E-state index in [2.05, 4.69) is 20.2 Å². The Morgan fingerprint density at radius 2 is 1.16 bits per heavy atom. The Bertz CT molecular complexity index is 2080. The van der Waals surface area contributed by atoms with Crippen LogP contribution in [0.3, 0.4) is 0 Å². The molecule has 0 atom stereocenters. The molecule has 2 aliphatic heterocycles. The maximum Gasteiger partial charge on any atom is 0.410 e. The highest BCUT2D eigenvalue weighted by atomic mass is 35.5. The molecule has 0 radical (unpaired) electrons. The van der Waals surface area contributed by atoms with Crippen LogP contribution in [-0.2, 0) is 23.8 Å². The molecule has 6 rings (SSSR count). The second-order valence-corrected chi connectivity index (χ2v) is 15.4. The fourth-order valence-corrected chi connectivity index (χ4v) is 4.99. The molecular weight excluding hydrogens is 795 g/mol. The van der Waals surface area contributed by atoms with Crippen LogP contribution in [0.1, 0.15) is 49.0 Å². The van der Waals surface area contributed by atoms with Crippen molar-refractivity contribution in [1.29, 1.82) is 0 Å². The second kappa shape index (κ2) is 20.6. The summed E-state index contributed by atoms with van der Waals surface area (Å²) in [6.07, 6.45) is 6.45. The number of amides is 2. The lowest BCUT2D eigenvalue weighted by molar-refractivity contribution is -0.150. The number of aliphatic carboxylic acids is 1. The number of hydrogen-bond donors (Lipinski definition) is 2. The van der Waals surface area contributed by atoms with Crippen molar-refractivity contribution in [2.75, 3.05) is 26.2 Å². The van der Waals surface area contributed by atoms with Gasteiger partial charge in [-0.25, -0.2) is 38.5 Å². The molecule has 2 saturated heterocycles. The number of aliphatic hydroxyl groups excluding tert-OH is 1. The normalized spacial score (nSPS) is 14.2. The predicted molar refractivity (Wildman–Crippen MR) is 217 cm³/mol. The van der Waals surface area contributed by atoms with Gasteiger partial charge in [-0.3, -0.25) is 0 Å². The zero-order chi connectivity index (χ0) is 41.9. The summed E-state index contributed by atoms with van der Waals surface area (Å²) in [6.45, 7) is 12.3. The van der Waals surface area contributed by atoms with E-state index >= 15 is 0 Å². The molecule has 2 fully saturated rings. The van der Waals surface area contributed by atoms with Gasteiger partial charge in [0.1, 0.15) is 30.0 Å². The number of ether oxygens (including phenoxy) is 3. The van der Waals surface area contributed by atoms with E-state index in [-0.39, 0.29) is 25.7 Å². The molecule has 0 aliphatic carbocycles. The number of halogens is 2. The number of aliphatic hydroxyl groups is 1. The first-order valence-electron chi connectivity index (χ1n) is 17.5. The summed E-state index contributed by atoms with van der Waals surface area (Å²) in [4.78, 5) is 56.5. The van der Waals surface area contributed by atoms with Crippen molar-refractivity contribution in [3.05, 3.63) is 83.4 Å². The third kappa shape index (κ3) is 15.6. The van der Waals surface area contributed by atoms with E-state index in [1.807, 2.05) is 39.0 Å². The highest BCUT2D eigenvalue weighted by Gasteiger charge is 2.36. The maximum absolute atomic E-state index is 11.9. The molecule has 58 heavy (non-hydrogen) atoms. The summed E-state index contributed by atoms with van der Waals surface area (Å²) >= 11 is 11.8. The minimum absolute atomic E-state index is 0. The van der Waals surface area contributed by atoms with Crippen molar-refractivity contribution in [3.63, 3.8) is 0 Å². The van der Waals surface area contributed by atoms with Gasteiger partial charge in [-0.1, -0.05) is 54.9 Å². The molecular formula is C39H48Cl2N8O9. The molecule has 4 heterocycles. The molecule has 2 N–H and O–H groups in total. The van der Waals surface area contributed by atoms with Gasteiger partial charge in [0.25, 0.3) is 0 Å². The van der Waals surface area contributed by atoms with Gasteiger partial charge in [0, 0.05) is 45.7 Å². The lowest BCUT2D eigenvalue weighted by Crippen LogP contribution is -2.56. The van der Waals surface area contributed by atoms with Crippen LogP contribution < -0.4 is 0 Å². The van der Waals surface area contributed by atoms with Gasteiger partial charge in [-0.05, 0) is 65.8 Å². The highest BCUT2D eigenvalue weighted by molar-refractivity contribution is 6.31. The number of rotatable bonds is 7. The molecule has 19 heteroatoms. The lowest BCUT2D eigenvalue weighted by atomic mass is 10.2. The Hall–Kier alpha value is -5.78. The van der Waals surface area contributed by atoms with Gasteiger partial charge in [0.2, 0.25) is 0 Å². The van der Waals surface area contributed by atoms with Gasteiger partial charge in [0.15, 0.2) is 11.6 Å². The standard InChI is InChI=1S/C19H21ClN4O4.C11H8ClN3O2.C8H15NO3.CH4/c1-19(2,3)28-18(26)23-10-15(11-23)27-16(25)7-8-24-12-21-17(22-24)13-5-4-6-14(20)9-13;12-9-3-1-2-8(6-9)11-13-7-15(14-11)5-4-10(16)17;1-8(2,3)12-7(11)9-4-6(10)5-9;/h4-9,12,15H,10-11H2,1-3H3;1-7H,(H,16,17);6,10H,4-5H2,1-3H3;1H4/b8-7+;5-4+;;. The number of carboxylic acid groups (broad SMARTS) is 1. The number of carbonyl (C=O) groups is 4. The largest absolute Gasteiger partial charge is 0.478 e. The number of likely N-dealkylation sites (tertiary alicyclic amines) is 2. The molecule has 2 aromatic heterocycles. The average molecular weight is 844 g/mol. The van der Waals surface area contributed by atoms with E-state index in [1.165, 1.54) is 50.3 Å². The fourth-order valence-electron chi connectivity index (χ4n) is 4.61. The van der Waals surface area contributed by atoms with E-state index in [0.29, 0.717) is 47.9 Å². The fraction of sp³-hybridized carbons (Fsp3) is 0.385. The zero-order valence-electron chi connectivity index (χ0n) is 32.2. The van der Waals surface area contributed by atoms with Crippen LogP contribution in [0, 0.1) is 0 Å². The molecule has 0 bridgehead atoms. The van der Waals surface area contributed by atoms with Crippen LogP contribution in [-0.4, -0.2) is 123 Å². The quantitative estimate of drug-likeness (QED) is 0.114. The van der Waals surface area contributed by atoms with Gasteiger partial charge in [0.05, 0.1) is 32.3 Å². The van der Waals surface area contributed by atoms with Gasteiger partial charge in [-0.2, -0.15) is 0 Å². The van der Waals surface area contributed by atoms with Crippen molar-refractivity contribution in [2.45, 2.75) is 72.4 Å². The van der Waals surface area contributed by atoms with Crippen LogP contribution in [0.15, 0.2) is 73.3 Å². The van der Waals surface area contributed by atoms with Gasteiger partial charge in [-0.15, -0.1) is 10.2 Å². The molecule has 17 nitrogen and oxygen atoms in total. The van der Waals surface area contributed by atoms with Gasteiger partial charge < -0.3 is 34.2 Å². The number of β-amino-alcohol motifs (C(OH)–C–C–N with tert-alkyl or cyclic N) is 1. The number of carbonyl (C=O) groups excluding carboxylic acids is 3. The maximum atomic E-state index is 11.9. The van der Waals surface area contributed by atoms with Crippen molar-refractivity contribution in [2.24, 2.45) is 0 Å². The zero-order valence-corrected chi connectivity index (χ0v) is 33.7. The van der Waals surface area contributed by atoms with E-state index in [0.717, 1.165) is 17.2 Å². The Balaban J connectivity index is 0.000000255. The molecule has 312 valence electrons. The van der Waals surface area contributed by atoms with Crippen molar-refractivity contribution >= 4 is 59.7 Å². The van der Waals surface area contributed by atoms with E-state index < -0.39 is 29.2 Å². The Morgan fingerprint density at radius 1 is 0.724 bits per heavy atom. The molecule has 0 unspecified atom stereocenters. The van der Waals surface area contributed by atoms with Crippen LogP contribution in [0.5, 0.6) is 0 Å². The second-order valence-electron chi connectivity index (χ2n) is 14.6. The van der Waals surface area contributed by atoms with E-state index in [4.69, 9.17) is 47.6 Å². The van der Waals surface area contributed by atoms with Crippen LogP contribution in [0.25, 0.3) is 35.2 Å². The Kier molecular flexibility index (Phi) is 16.5. The smallest absolute Gasteiger partial charge is 0.410 e. The van der Waals surface area contributed by atoms with E-state index in [1.54, 1.807) is 51.1 Å². The number of nitrogens with zero attached hydrogens (tertiary/aromatic N) is 8. The molecule has 2 aromatic carbocycles. The molecule has 2 amide bonds. The first-order valence-corrected chi connectivity index (χ1v) is 18.3. The van der Waals surface area contributed by atoms with Crippen molar-refractivity contribution in [3.8, 4) is 22.8 Å². The SMILES string of the molecule is C.CC(C)(C)OC(=O)N1CC(O)C1.CC(C)(C)OC(=O)N1CC(OC(=O)/C=C/n2cnc(-c3cccc(Cl)c3)n2)C1.O=C(O)/C=C/n1cnc(-c2cccc(Cl)c2)n1. The summed E-state index contributed by atoms with van der Waals surface area (Å²) in [5.41, 5.74) is 0.555. The lowest BCUT2D eigenvalue weighted by Gasteiger charge is -2.38. The minimum atomic E-state index is -1.04. The summed E-state index contributed by atoms with van der Waals surface area (Å²) in [7, 11) is 0. The Labute approximate surface area is 346 Å². The number of carboxylic acids is 1. The number of esters is 1. The molecule has 4 aromatic rings. The Morgan fingerprint density at radius 3 is 1.55 bits per heavy atom. The first-order chi connectivity index (χ1) is 26.7. The van der Waals surface area contributed by atoms with E-state index in [9.17, 15) is 19.2 Å². The average Bonchev–Trinajstić information content (AvgIpc) is 3.76. The summed E-state index contributed by atoms with van der Waals surface area (Å²) in [5.74, 6) is -0.575. The van der Waals surface area contributed by atoms with Gasteiger partial charge >= 0.3 is 24.1 Å². The molecule has 2 aliphatic rings. The van der Waals surface area contributed by atoms with Crippen LogP contribution >= 0.6 is 23.2 Å². The number of aromatic nitrogens is 6. The summed E-state index contributed by atoms with van der Waals surface area (Å²) in [6, 6.07) is 14.3. The topological polar surface area (TPSA) is 204 Å². The molecule has 0 saturated carbocycles. The summed E-state index contributed by atoms with van der Waals surface area (Å²) < 4.78 is 18.3. The third-order valence-corrected chi connectivity index (χ3v) is 7.68. The van der Waals surface area contributed by atoms with Crippen LogP contribution in [0.2, 0.25) is 10.0 Å². The van der Waals surface area contributed by atoms with Crippen molar-refractivity contribution < 1.29 is 43.6 Å². The van der Waals surface area contributed by atoms with Crippen LogP contribution in [0.4, 0.5) is 9.59 Å².